The van der Waals surface area contributed by atoms with Crippen molar-refractivity contribution in [2.45, 2.75) is 32.2 Å². The minimum atomic E-state index is -0.0528. The maximum Gasteiger partial charge on any atom is 0.224 e. The zero-order valence-corrected chi connectivity index (χ0v) is 14.4. The standard InChI is InChI=1S/C15H18ClN5OS/c1-10-9-19-15(23-10)20-14-13(17-6-7-18-14)11-3-2-8-21(11)12(22)4-5-16/h6-7,9,11H,2-5,8H2,1H3,(H,18,19,20). The number of thiazole rings is 1. The molecular formula is C15H18ClN5OS. The topological polar surface area (TPSA) is 71.0 Å². The monoisotopic (exact) mass is 351 g/mol. The van der Waals surface area contributed by atoms with Gasteiger partial charge in [0.1, 0.15) is 5.69 Å². The molecule has 3 heterocycles. The van der Waals surface area contributed by atoms with Crippen LogP contribution in [0, 0.1) is 6.92 Å². The van der Waals surface area contributed by atoms with E-state index < -0.39 is 0 Å². The Morgan fingerprint density at radius 2 is 2.26 bits per heavy atom. The largest absolute Gasteiger partial charge is 0.334 e. The predicted octanol–water partition coefficient (Wildman–Crippen LogP) is 3.28. The quantitative estimate of drug-likeness (QED) is 0.837. The molecule has 0 aromatic carbocycles. The molecule has 1 atom stereocenters. The van der Waals surface area contributed by atoms with E-state index in [9.17, 15) is 4.79 Å². The third kappa shape index (κ3) is 3.61. The van der Waals surface area contributed by atoms with Crippen molar-refractivity contribution in [2.75, 3.05) is 17.7 Å². The van der Waals surface area contributed by atoms with Crippen molar-refractivity contribution in [2.24, 2.45) is 0 Å². The molecule has 3 rings (SSSR count). The summed E-state index contributed by atoms with van der Waals surface area (Å²) < 4.78 is 0. The van der Waals surface area contributed by atoms with E-state index >= 15 is 0 Å². The summed E-state index contributed by atoms with van der Waals surface area (Å²) in [5.74, 6) is 1.08. The van der Waals surface area contributed by atoms with E-state index in [4.69, 9.17) is 11.6 Å². The molecule has 8 heteroatoms. The van der Waals surface area contributed by atoms with Crippen molar-refractivity contribution in [3.05, 3.63) is 29.2 Å². The van der Waals surface area contributed by atoms with Crippen LogP contribution in [0.15, 0.2) is 18.6 Å². The van der Waals surface area contributed by atoms with Gasteiger partial charge in [-0.2, -0.15) is 0 Å². The lowest BCUT2D eigenvalue weighted by Crippen LogP contribution is -2.31. The molecule has 1 fully saturated rings. The first-order valence-corrected chi connectivity index (χ1v) is 8.90. The van der Waals surface area contributed by atoms with Crippen LogP contribution in [-0.4, -0.2) is 38.2 Å². The number of aryl methyl sites for hydroxylation is 1. The van der Waals surface area contributed by atoms with Crippen molar-refractivity contribution < 1.29 is 4.79 Å². The van der Waals surface area contributed by atoms with Crippen molar-refractivity contribution in [1.29, 1.82) is 0 Å². The number of likely N-dealkylation sites (tertiary alicyclic amines) is 1. The number of halogens is 1. The van der Waals surface area contributed by atoms with Gasteiger partial charge in [-0.25, -0.2) is 9.97 Å². The normalized spacial score (nSPS) is 17.5. The molecule has 0 radical (unpaired) electrons. The maximum atomic E-state index is 12.3. The summed E-state index contributed by atoms with van der Waals surface area (Å²) in [6, 6.07) is -0.0528. The summed E-state index contributed by atoms with van der Waals surface area (Å²) in [6.45, 7) is 2.75. The summed E-state index contributed by atoms with van der Waals surface area (Å²) in [4.78, 5) is 28.4. The second-order valence-corrected chi connectivity index (χ2v) is 6.99. The van der Waals surface area contributed by atoms with Crippen molar-refractivity contribution in [3.8, 4) is 0 Å². The van der Waals surface area contributed by atoms with Crippen LogP contribution < -0.4 is 5.32 Å². The van der Waals surface area contributed by atoms with E-state index in [0.29, 0.717) is 18.1 Å². The summed E-state index contributed by atoms with van der Waals surface area (Å²) in [6.07, 6.45) is 7.33. The van der Waals surface area contributed by atoms with Gasteiger partial charge in [0.15, 0.2) is 10.9 Å². The van der Waals surface area contributed by atoms with E-state index in [1.807, 2.05) is 18.0 Å². The van der Waals surface area contributed by atoms with Crippen LogP contribution in [0.2, 0.25) is 0 Å². The van der Waals surface area contributed by atoms with Crippen molar-refractivity contribution in [3.63, 3.8) is 0 Å². The van der Waals surface area contributed by atoms with E-state index in [0.717, 1.165) is 35.1 Å². The highest BCUT2D eigenvalue weighted by Crippen LogP contribution is 2.35. The minimum absolute atomic E-state index is 0.0528. The molecule has 0 aliphatic carbocycles. The van der Waals surface area contributed by atoms with Gasteiger partial charge in [0.2, 0.25) is 5.91 Å². The van der Waals surface area contributed by atoms with Gasteiger partial charge in [0.25, 0.3) is 0 Å². The number of anilines is 2. The SMILES string of the molecule is Cc1cnc(Nc2nccnc2C2CCCN2C(=O)CCCl)s1. The fourth-order valence-electron chi connectivity index (χ4n) is 2.78. The average Bonchev–Trinajstić information content (AvgIpc) is 3.17. The number of aromatic nitrogens is 3. The molecule has 6 nitrogen and oxygen atoms in total. The number of amides is 1. The van der Waals surface area contributed by atoms with Gasteiger partial charge in [-0.15, -0.1) is 22.9 Å². The van der Waals surface area contributed by atoms with Crippen LogP contribution in [0.5, 0.6) is 0 Å². The summed E-state index contributed by atoms with van der Waals surface area (Å²) in [5, 5.41) is 4.01. The van der Waals surface area contributed by atoms with Crippen LogP contribution in [0.4, 0.5) is 10.9 Å². The molecule has 1 N–H and O–H groups in total. The van der Waals surface area contributed by atoms with Gasteiger partial charge in [0, 0.05) is 42.3 Å². The first-order valence-electron chi connectivity index (χ1n) is 7.55. The first kappa shape index (κ1) is 16.1. The Morgan fingerprint density at radius 1 is 1.43 bits per heavy atom. The van der Waals surface area contributed by atoms with E-state index in [1.165, 1.54) is 0 Å². The Labute approximate surface area is 143 Å². The zero-order valence-electron chi connectivity index (χ0n) is 12.8. The molecule has 2 aromatic heterocycles. The third-order valence-electron chi connectivity index (χ3n) is 3.77. The summed E-state index contributed by atoms with van der Waals surface area (Å²) in [7, 11) is 0. The number of carbonyl (C=O) groups is 1. The smallest absolute Gasteiger partial charge is 0.224 e. The molecule has 0 bridgehead atoms. The first-order chi connectivity index (χ1) is 11.2. The molecule has 1 aliphatic heterocycles. The highest BCUT2D eigenvalue weighted by Gasteiger charge is 2.32. The number of nitrogens with one attached hydrogen (secondary N) is 1. The lowest BCUT2D eigenvalue weighted by atomic mass is 10.1. The number of nitrogens with zero attached hydrogens (tertiary/aromatic N) is 4. The number of rotatable bonds is 5. The Balaban J connectivity index is 1.85. The molecule has 1 aliphatic rings. The van der Waals surface area contributed by atoms with Crippen LogP contribution in [-0.2, 0) is 4.79 Å². The number of hydrogen-bond acceptors (Lipinski definition) is 6. The fourth-order valence-corrected chi connectivity index (χ4v) is 3.60. The molecule has 23 heavy (non-hydrogen) atoms. The van der Waals surface area contributed by atoms with E-state index in [-0.39, 0.29) is 11.9 Å². The summed E-state index contributed by atoms with van der Waals surface area (Å²) in [5.41, 5.74) is 0.792. The van der Waals surface area contributed by atoms with Gasteiger partial charge in [-0.05, 0) is 19.8 Å². The van der Waals surface area contributed by atoms with E-state index in [2.05, 4.69) is 20.3 Å². The van der Waals surface area contributed by atoms with Gasteiger partial charge in [-0.1, -0.05) is 0 Å². The molecule has 0 spiro atoms. The molecule has 1 saturated heterocycles. The van der Waals surface area contributed by atoms with Crippen LogP contribution in [0.25, 0.3) is 0 Å². The van der Waals surface area contributed by atoms with Gasteiger partial charge in [0.05, 0.1) is 6.04 Å². The van der Waals surface area contributed by atoms with Crippen LogP contribution in [0.3, 0.4) is 0 Å². The third-order valence-corrected chi connectivity index (χ3v) is 4.79. The van der Waals surface area contributed by atoms with Crippen LogP contribution in [0.1, 0.15) is 35.9 Å². The Bertz CT molecular complexity index is 692. The highest BCUT2D eigenvalue weighted by molar-refractivity contribution is 7.15. The highest BCUT2D eigenvalue weighted by atomic mass is 35.5. The molecule has 1 unspecified atom stereocenters. The van der Waals surface area contributed by atoms with Gasteiger partial charge < -0.3 is 10.2 Å². The van der Waals surface area contributed by atoms with Crippen molar-refractivity contribution >= 4 is 39.8 Å². The van der Waals surface area contributed by atoms with Gasteiger partial charge in [-0.3, -0.25) is 9.78 Å². The van der Waals surface area contributed by atoms with Gasteiger partial charge >= 0.3 is 0 Å². The van der Waals surface area contributed by atoms with Crippen LogP contribution >= 0.6 is 22.9 Å². The zero-order chi connectivity index (χ0) is 16.2. The summed E-state index contributed by atoms with van der Waals surface area (Å²) >= 11 is 7.28. The maximum absolute atomic E-state index is 12.3. The fraction of sp³-hybridized carbons (Fsp3) is 0.467. The second kappa shape index (κ2) is 7.23. The Hall–Kier alpha value is -1.73. The lowest BCUT2D eigenvalue weighted by Gasteiger charge is -2.25. The average molecular weight is 352 g/mol. The molecule has 1 amide bonds. The number of alkyl halides is 1. The molecule has 2 aromatic rings. The molecular weight excluding hydrogens is 334 g/mol. The second-order valence-electron chi connectivity index (χ2n) is 5.38. The van der Waals surface area contributed by atoms with Crippen molar-refractivity contribution in [1.82, 2.24) is 19.9 Å². The number of hydrogen-bond donors (Lipinski definition) is 1. The molecule has 0 saturated carbocycles. The predicted molar refractivity (Wildman–Crippen MR) is 91.2 cm³/mol. The molecule has 122 valence electrons. The Morgan fingerprint density at radius 3 is 3.00 bits per heavy atom. The minimum Gasteiger partial charge on any atom is -0.334 e. The lowest BCUT2D eigenvalue weighted by molar-refractivity contribution is -0.131. The number of carbonyl (C=O) groups excluding carboxylic acids is 1. The van der Waals surface area contributed by atoms with E-state index in [1.54, 1.807) is 23.7 Å². The Kier molecular flexibility index (Phi) is 5.07.